The lowest BCUT2D eigenvalue weighted by atomic mass is 9.64. The van der Waals surface area contributed by atoms with Gasteiger partial charge in [0.25, 0.3) is 0 Å². The van der Waals surface area contributed by atoms with Gasteiger partial charge in [0.2, 0.25) is 5.91 Å². The first-order chi connectivity index (χ1) is 14.9. The first kappa shape index (κ1) is 19.1. The number of amides is 1. The SMILES string of the molecule is Cc1ccc(N2C(N)=C(C#N)C3(C(=O)Nc4ccc(F)cc43)C3=C2CCCC3=O)cc1. The first-order valence-electron chi connectivity index (χ1n) is 10.0. The predicted molar refractivity (Wildman–Crippen MR) is 113 cm³/mol. The summed E-state index contributed by atoms with van der Waals surface area (Å²) in [6.07, 6.45) is 1.36. The van der Waals surface area contributed by atoms with Gasteiger partial charge in [-0.2, -0.15) is 5.26 Å². The van der Waals surface area contributed by atoms with Crippen LogP contribution in [0, 0.1) is 24.1 Å². The Morgan fingerprint density at radius 2 is 1.90 bits per heavy atom. The van der Waals surface area contributed by atoms with E-state index in [9.17, 15) is 19.2 Å². The molecule has 0 aromatic heterocycles. The topological polar surface area (TPSA) is 99.2 Å². The highest BCUT2D eigenvalue weighted by molar-refractivity contribution is 6.19. The van der Waals surface area contributed by atoms with Crippen LogP contribution in [0.25, 0.3) is 0 Å². The minimum absolute atomic E-state index is 0.0658. The number of nitrogens with one attached hydrogen (secondary N) is 1. The molecule has 31 heavy (non-hydrogen) atoms. The number of nitriles is 1. The number of benzene rings is 2. The lowest BCUT2D eigenvalue weighted by molar-refractivity contribution is -0.122. The van der Waals surface area contributed by atoms with Crippen LogP contribution in [0.1, 0.15) is 30.4 Å². The Balaban J connectivity index is 1.88. The van der Waals surface area contributed by atoms with E-state index in [1.165, 1.54) is 18.2 Å². The molecular weight excluding hydrogens is 395 g/mol. The van der Waals surface area contributed by atoms with E-state index in [1.54, 1.807) is 4.90 Å². The fourth-order valence-corrected chi connectivity index (χ4v) is 4.95. The highest BCUT2D eigenvalue weighted by Gasteiger charge is 2.60. The molecule has 2 aliphatic heterocycles. The number of nitrogens with two attached hydrogens (primary N) is 1. The van der Waals surface area contributed by atoms with Gasteiger partial charge >= 0.3 is 0 Å². The van der Waals surface area contributed by atoms with Gasteiger partial charge in [-0.15, -0.1) is 0 Å². The summed E-state index contributed by atoms with van der Waals surface area (Å²) in [7, 11) is 0. The normalized spacial score (nSPS) is 22.4. The molecule has 2 heterocycles. The summed E-state index contributed by atoms with van der Waals surface area (Å²) in [5, 5.41) is 12.9. The van der Waals surface area contributed by atoms with E-state index >= 15 is 0 Å². The Hall–Kier alpha value is -3.92. The highest BCUT2D eigenvalue weighted by Crippen LogP contribution is 2.55. The van der Waals surface area contributed by atoms with Gasteiger partial charge in [-0.1, -0.05) is 17.7 Å². The lowest BCUT2D eigenvalue weighted by Crippen LogP contribution is -2.50. The first-order valence-corrected chi connectivity index (χ1v) is 10.0. The fourth-order valence-electron chi connectivity index (χ4n) is 4.95. The number of halogens is 1. The molecule has 3 aliphatic rings. The standard InChI is InChI=1S/C24H19FN4O2/c1-13-5-8-15(9-6-13)29-19-3-2-4-20(30)21(19)24(17(12-26)22(29)27)16-11-14(25)7-10-18(16)28-23(24)31/h5-11H,2-4,27H2,1H3,(H,28,31). The zero-order valence-corrected chi connectivity index (χ0v) is 16.8. The van der Waals surface area contributed by atoms with E-state index < -0.39 is 17.1 Å². The number of nitrogens with zero attached hydrogens (tertiary/aromatic N) is 2. The Morgan fingerprint density at radius 3 is 2.61 bits per heavy atom. The zero-order chi connectivity index (χ0) is 21.9. The van der Waals surface area contributed by atoms with Crippen LogP contribution < -0.4 is 16.0 Å². The van der Waals surface area contributed by atoms with Crippen molar-refractivity contribution in [1.29, 1.82) is 5.26 Å². The fraction of sp³-hybridized carbons (Fsp3) is 0.208. The molecule has 6 nitrogen and oxygen atoms in total. The molecule has 0 radical (unpaired) electrons. The minimum atomic E-state index is -1.75. The second-order valence-corrected chi connectivity index (χ2v) is 8.04. The van der Waals surface area contributed by atoms with Gasteiger partial charge in [-0.3, -0.25) is 14.5 Å². The monoisotopic (exact) mass is 414 g/mol. The number of fused-ring (bicyclic) bond motifs is 3. The average molecular weight is 414 g/mol. The maximum Gasteiger partial charge on any atom is 0.245 e. The highest BCUT2D eigenvalue weighted by atomic mass is 19.1. The third-order valence-electron chi connectivity index (χ3n) is 6.28. The predicted octanol–water partition coefficient (Wildman–Crippen LogP) is 3.55. The van der Waals surface area contributed by atoms with Crippen molar-refractivity contribution in [3.05, 3.63) is 82.1 Å². The number of aryl methyl sites for hydroxylation is 1. The van der Waals surface area contributed by atoms with Crippen LogP contribution in [0.15, 0.2) is 65.1 Å². The number of ketones is 1. The van der Waals surface area contributed by atoms with Gasteiger partial charge in [0.15, 0.2) is 5.78 Å². The van der Waals surface area contributed by atoms with E-state index in [0.29, 0.717) is 29.9 Å². The third-order valence-corrected chi connectivity index (χ3v) is 6.28. The van der Waals surface area contributed by atoms with Crippen LogP contribution in [0.5, 0.6) is 0 Å². The van der Waals surface area contributed by atoms with Crippen molar-refractivity contribution < 1.29 is 14.0 Å². The third kappa shape index (κ3) is 2.42. The molecular formula is C24H19FN4O2. The minimum Gasteiger partial charge on any atom is -0.384 e. The Labute approximate surface area is 178 Å². The van der Waals surface area contributed by atoms with Crippen LogP contribution in [0.3, 0.4) is 0 Å². The van der Waals surface area contributed by atoms with E-state index in [1.807, 2.05) is 31.2 Å². The molecule has 2 aromatic rings. The van der Waals surface area contributed by atoms with E-state index in [2.05, 4.69) is 11.4 Å². The number of hydrogen-bond donors (Lipinski definition) is 2. The number of carbonyl (C=O) groups is 2. The van der Waals surface area contributed by atoms with Gasteiger partial charge in [0.05, 0.1) is 5.57 Å². The van der Waals surface area contributed by atoms with Crippen molar-refractivity contribution in [3.8, 4) is 6.07 Å². The molecule has 0 bridgehead atoms. The summed E-state index contributed by atoms with van der Waals surface area (Å²) in [5.74, 6) is -1.27. The molecule has 3 N–H and O–H groups in total. The molecule has 1 amide bonds. The smallest absolute Gasteiger partial charge is 0.245 e. The second-order valence-electron chi connectivity index (χ2n) is 8.04. The van der Waals surface area contributed by atoms with Gasteiger partial charge in [-0.05, 0) is 50.1 Å². The Kier molecular flexibility index (Phi) is 4.02. The second kappa shape index (κ2) is 6.54. The summed E-state index contributed by atoms with van der Waals surface area (Å²) < 4.78 is 14.3. The molecule has 0 saturated heterocycles. The molecule has 1 aliphatic carbocycles. The lowest BCUT2D eigenvalue weighted by Gasteiger charge is -2.43. The van der Waals surface area contributed by atoms with Gasteiger partial charge < -0.3 is 11.1 Å². The summed E-state index contributed by atoms with van der Waals surface area (Å²) in [6.45, 7) is 1.96. The maximum absolute atomic E-state index is 14.3. The van der Waals surface area contributed by atoms with Gasteiger partial charge in [0, 0.05) is 34.6 Å². The van der Waals surface area contributed by atoms with Gasteiger partial charge in [-0.25, -0.2) is 4.39 Å². The average Bonchev–Trinajstić information content (AvgIpc) is 3.02. The van der Waals surface area contributed by atoms with Crippen LogP contribution in [-0.2, 0) is 15.0 Å². The van der Waals surface area contributed by atoms with Crippen LogP contribution >= 0.6 is 0 Å². The molecule has 5 rings (SSSR count). The largest absolute Gasteiger partial charge is 0.384 e. The Morgan fingerprint density at radius 1 is 1.16 bits per heavy atom. The van der Waals surface area contributed by atoms with E-state index in [4.69, 9.17) is 5.73 Å². The number of allylic oxidation sites excluding steroid dienone is 1. The number of carbonyl (C=O) groups excluding carboxylic acids is 2. The van der Waals surface area contributed by atoms with Crippen LogP contribution in [0.4, 0.5) is 15.8 Å². The summed E-state index contributed by atoms with van der Waals surface area (Å²) in [4.78, 5) is 28.4. The molecule has 1 unspecified atom stereocenters. The maximum atomic E-state index is 14.3. The van der Waals surface area contributed by atoms with Crippen LogP contribution in [-0.4, -0.2) is 11.7 Å². The quantitative estimate of drug-likeness (QED) is 0.744. The zero-order valence-electron chi connectivity index (χ0n) is 16.8. The number of hydrogen-bond acceptors (Lipinski definition) is 5. The summed E-state index contributed by atoms with van der Waals surface area (Å²) in [6, 6.07) is 13.5. The van der Waals surface area contributed by atoms with Crippen molar-refractivity contribution in [2.75, 3.05) is 10.2 Å². The summed E-state index contributed by atoms with van der Waals surface area (Å²) in [5.41, 5.74) is 7.90. The van der Waals surface area contributed by atoms with Gasteiger partial charge in [0.1, 0.15) is 23.1 Å². The molecule has 1 atom stereocenters. The molecule has 2 aromatic carbocycles. The van der Waals surface area contributed by atoms with E-state index in [0.717, 1.165) is 5.56 Å². The van der Waals surface area contributed by atoms with Crippen molar-refractivity contribution in [3.63, 3.8) is 0 Å². The molecule has 154 valence electrons. The Bertz CT molecular complexity index is 1270. The van der Waals surface area contributed by atoms with Crippen LogP contribution in [0.2, 0.25) is 0 Å². The van der Waals surface area contributed by atoms with Crippen molar-refractivity contribution >= 4 is 23.1 Å². The van der Waals surface area contributed by atoms with E-state index in [-0.39, 0.29) is 34.7 Å². The number of anilines is 2. The molecule has 0 fully saturated rings. The number of Topliss-reactive ketones (excluding diaryl/α,β-unsaturated/α-hetero) is 1. The summed E-state index contributed by atoms with van der Waals surface area (Å²) >= 11 is 0. The van der Waals surface area contributed by atoms with Crippen molar-refractivity contribution in [1.82, 2.24) is 0 Å². The van der Waals surface area contributed by atoms with Crippen molar-refractivity contribution in [2.45, 2.75) is 31.6 Å². The van der Waals surface area contributed by atoms with Crippen molar-refractivity contribution in [2.24, 2.45) is 5.73 Å². The molecule has 1 spiro atoms. The molecule has 7 heteroatoms. The number of rotatable bonds is 1. The molecule has 0 saturated carbocycles.